The third kappa shape index (κ3) is 10.6. The van der Waals surface area contributed by atoms with E-state index in [9.17, 15) is 9.18 Å². The summed E-state index contributed by atoms with van der Waals surface area (Å²) < 4.78 is 18.5. The number of hydrogen-bond acceptors (Lipinski definition) is 2. The topological polar surface area (TPSA) is 26.3 Å². The van der Waals surface area contributed by atoms with Gasteiger partial charge < -0.3 is 4.74 Å². The van der Waals surface area contributed by atoms with E-state index in [4.69, 9.17) is 4.74 Å². The average Bonchev–Trinajstić information content (AvgIpc) is 2.65. The second-order valence-electron chi connectivity index (χ2n) is 7.38. The molecule has 1 atom stereocenters. The normalized spacial score (nSPS) is 12.1. The first-order valence-corrected chi connectivity index (χ1v) is 10.6. The van der Waals surface area contributed by atoms with Crippen LogP contribution >= 0.6 is 0 Å². The van der Waals surface area contributed by atoms with Gasteiger partial charge in [-0.15, -0.1) is 0 Å². The van der Waals surface area contributed by atoms with E-state index in [0.717, 1.165) is 12.8 Å². The monoisotopic (exact) mass is 364 g/mol. The number of unbranched alkanes of at least 4 members (excludes halogenated alkanes) is 8. The number of benzene rings is 1. The molecular weight excluding hydrogens is 327 g/mol. The summed E-state index contributed by atoms with van der Waals surface area (Å²) in [4.78, 5) is 12.1. The molecule has 0 aliphatic carbocycles. The molecule has 3 heteroatoms. The van der Waals surface area contributed by atoms with Crippen LogP contribution in [0.1, 0.15) is 101 Å². The number of esters is 1. The molecule has 0 radical (unpaired) electrons. The Morgan fingerprint density at radius 3 is 1.92 bits per heavy atom. The molecule has 26 heavy (non-hydrogen) atoms. The Morgan fingerprint density at radius 2 is 1.35 bits per heavy atom. The molecule has 1 unspecified atom stereocenters. The maximum atomic E-state index is 13.0. The van der Waals surface area contributed by atoms with E-state index in [1.54, 1.807) is 0 Å². The first-order valence-electron chi connectivity index (χ1n) is 10.6. The molecule has 0 amide bonds. The molecule has 0 saturated heterocycles. The van der Waals surface area contributed by atoms with Gasteiger partial charge in [0.25, 0.3) is 0 Å². The molecule has 0 aromatic heterocycles. The molecule has 0 bridgehead atoms. The van der Waals surface area contributed by atoms with Crippen molar-refractivity contribution in [1.29, 1.82) is 0 Å². The van der Waals surface area contributed by atoms with Crippen LogP contribution in [0, 0.1) is 11.7 Å². The average molecular weight is 365 g/mol. The van der Waals surface area contributed by atoms with Gasteiger partial charge in [-0.2, -0.15) is 0 Å². The Balaban J connectivity index is 2.36. The van der Waals surface area contributed by atoms with Crippen molar-refractivity contribution in [3.8, 4) is 0 Å². The van der Waals surface area contributed by atoms with Crippen LogP contribution in [0.5, 0.6) is 0 Å². The van der Waals surface area contributed by atoms with Crippen LogP contribution in [0.4, 0.5) is 4.39 Å². The second-order valence-corrected chi connectivity index (χ2v) is 7.38. The van der Waals surface area contributed by atoms with Crippen LogP contribution in [-0.4, -0.2) is 12.6 Å². The van der Waals surface area contributed by atoms with E-state index >= 15 is 0 Å². The van der Waals surface area contributed by atoms with Crippen molar-refractivity contribution in [2.75, 3.05) is 6.61 Å². The van der Waals surface area contributed by atoms with Gasteiger partial charge in [0.2, 0.25) is 0 Å². The summed E-state index contributed by atoms with van der Waals surface area (Å²) in [5, 5.41) is 0. The van der Waals surface area contributed by atoms with Crippen molar-refractivity contribution in [2.24, 2.45) is 5.92 Å². The lowest BCUT2D eigenvalue weighted by atomic mass is 9.95. The van der Waals surface area contributed by atoms with Crippen LogP contribution in [0.2, 0.25) is 0 Å². The zero-order valence-corrected chi connectivity index (χ0v) is 16.8. The molecule has 0 heterocycles. The number of rotatable bonds is 15. The van der Waals surface area contributed by atoms with E-state index in [1.165, 1.54) is 88.5 Å². The molecule has 0 saturated carbocycles. The Morgan fingerprint density at radius 1 is 0.846 bits per heavy atom. The zero-order chi connectivity index (χ0) is 19.0. The van der Waals surface area contributed by atoms with Gasteiger partial charge in [0, 0.05) is 0 Å². The summed E-state index contributed by atoms with van der Waals surface area (Å²) in [5.41, 5.74) is 0.427. The van der Waals surface area contributed by atoms with Gasteiger partial charge in [0.05, 0.1) is 12.2 Å². The highest BCUT2D eigenvalue weighted by molar-refractivity contribution is 5.89. The summed E-state index contributed by atoms with van der Waals surface area (Å²) in [6.07, 6.45) is 15.0. The van der Waals surface area contributed by atoms with Gasteiger partial charge in [-0.1, -0.05) is 78.1 Å². The highest BCUT2D eigenvalue weighted by Gasteiger charge is 2.13. The van der Waals surface area contributed by atoms with Gasteiger partial charge >= 0.3 is 5.97 Å². The third-order valence-corrected chi connectivity index (χ3v) is 4.96. The molecule has 0 aliphatic rings. The predicted molar refractivity (Wildman–Crippen MR) is 107 cm³/mol. The quantitative estimate of drug-likeness (QED) is 0.241. The van der Waals surface area contributed by atoms with Crippen molar-refractivity contribution >= 4 is 5.97 Å². The molecular formula is C23H37FO2. The number of halogens is 1. The fraction of sp³-hybridized carbons (Fsp3) is 0.696. The van der Waals surface area contributed by atoms with Crippen molar-refractivity contribution in [2.45, 2.75) is 90.9 Å². The molecule has 0 spiro atoms. The largest absolute Gasteiger partial charge is 0.462 e. The van der Waals surface area contributed by atoms with Gasteiger partial charge in [0.1, 0.15) is 5.82 Å². The standard InChI is InChI=1S/C23H37FO2/c1-3-5-7-9-10-12-14-20(13-11-8-6-4-2)19-26-23(25)21-15-17-22(24)18-16-21/h15-18,20H,3-14,19H2,1-2H3. The smallest absolute Gasteiger partial charge is 0.338 e. The highest BCUT2D eigenvalue weighted by Crippen LogP contribution is 2.20. The molecule has 0 aliphatic heterocycles. The third-order valence-electron chi connectivity index (χ3n) is 4.96. The first-order chi connectivity index (χ1) is 12.7. The first kappa shape index (κ1) is 22.7. The Hall–Kier alpha value is -1.38. The minimum atomic E-state index is -0.341. The van der Waals surface area contributed by atoms with Gasteiger partial charge in [-0.05, 0) is 43.0 Å². The lowest BCUT2D eigenvalue weighted by Crippen LogP contribution is -2.15. The molecule has 148 valence electrons. The maximum absolute atomic E-state index is 13.0. The summed E-state index contributed by atoms with van der Waals surface area (Å²) >= 11 is 0. The van der Waals surface area contributed by atoms with E-state index in [1.807, 2.05) is 0 Å². The summed E-state index contributed by atoms with van der Waals surface area (Å²) in [7, 11) is 0. The predicted octanol–water partition coefficient (Wildman–Crippen LogP) is 7.32. The summed E-state index contributed by atoms with van der Waals surface area (Å²) in [6.45, 7) is 4.94. The minimum Gasteiger partial charge on any atom is -0.462 e. The number of ether oxygens (including phenoxy) is 1. The lowest BCUT2D eigenvalue weighted by Gasteiger charge is -2.17. The van der Waals surface area contributed by atoms with Crippen LogP contribution in [0.3, 0.4) is 0 Å². The number of carbonyl (C=O) groups is 1. The van der Waals surface area contributed by atoms with Crippen LogP contribution < -0.4 is 0 Å². The van der Waals surface area contributed by atoms with Crippen molar-refractivity contribution in [3.05, 3.63) is 35.6 Å². The maximum Gasteiger partial charge on any atom is 0.338 e. The zero-order valence-electron chi connectivity index (χ0n) is 16.8. The molecule has 1 aromatic carbocycles. The van der Waals surface area contributed by atoms with E-state index in [-0.39, 0.29) is 11.8 Å². The molecule has 1 rings (SSSR count). The Bertz CT molecular complexity index is 470. The lowest BCUT2D eigenvalue weighted by molar-refractivity contribution is 0.0422. The minimum absolute atomic E-state index is 0.335. The highest BCUT2D eigenvalue weighted by atomic mass is 19.1. The van der Waals surface area contributed by atoms with Crippen molar-refractivity contribution in [1.82, 2.24) is 0 Å². The SMILES string of the molecule is CCCCCCCCC(CCCCCC)COC(=O)c1ccc(F)cc1. The van der Waals surface area contributed by atoms with E-state index in [0.29, 0.717) is 18.1 Å². The van der Waals surface area contributed by atoms with Crippen LogP contribution in [0.25, 0.3) is 0 Å². The van der Waals surface area contributed by atoms with Crippen molar-refractivity contribution in [3.63, 3.8) is 0 Å². The van der Waals surface area contributed by atoms with Gasteiger partial charge in [-0.25, -0.2) is 9.18 Å². The summed E-state index contributed by atoms with van der Waals surface area (Å²) in [5.74, 6) is -0.229. The van der Waals surface area contributed by atoms with Gasteiger partial charge in [0.15, 0.2) is 0 Å². The second kappa shape index (κ2) is 14.8. The summed E-state index contributed by atoms with van der Waals surface area (Å²) in [6, 6.07) is 5.58. The number of hydrogen-bond donors (Lipinski definition) is 0. The van der Waals surface area contributed by atoms with Crippen molar-refractivity contribution < 1.29 is 13.9 Å². The Kier molecular flexibility index (Phi) is 12.9. The Labute approximate surface area is 159 Å². The molecule has 0 fully saturated rings. The molecule has 2 nitrogen and oxygen atoms in total. The van der Waals surface area contributed by atoms with Gasteiger partial charge in [-0.3, -0.25) is 0 Å². The number of carbonyl (C=O) groups excluding carboxylic acids is 1. The van der Waals surface area contributed by atoms with E-state index in [2.05, 4.69) is 13.8 Å². The van der Waals surface area contributed by atoms with E-state index < -0.39 is 0 Å². The molecule has 0 N–H and O–H groups in total. The van der Waals surface area contributed by atoms with Crippen LogP contribution in [0.15, 0.2) is 24.3 Å². The fourth-order valence-electron chi connectivity index (χ4n) is 3.25. The van der Waals surface area contributed by atoms with Crippen LogP contribution in [-0.2, 0) is 4.74 Å². The fourth-order valence-corrected chi connectivity index (χ4v) is 3.25. The molecule has 1 aromatic rings.